The van der Waals surface area contributed by atoms with Crippen LogP contribution in [0.3, 0.4) is 0 Å². The van der Waals surface area contributed by atoms with Crippen molar-refractivity contribution in [2.75, 3.05) is 13.1 Å². The van der Waals surface area contributed by atoms with Crippen LogP contribution in [0.2, 0.25) is 0 Å². The molecule has 0 spiro atoms. The van der Waals surface area contributed by atoms with Crippen molar-refractivity contribution in [3.05, 3.63) is 41.0 Å². The number of amides is 1. The number of nitrogens with zero attached hydrogens (tertiary/aromatic N) is 1. The second-order valence-electron chi connectivity index (χ2n) is 7.11. The lowest BCUT2D eigenvalue weighted by Crippen LogP contribution is -2.29. The molecule has 0 bridgehead atoms. The van der Waals surface area contributed by atoms with Crippen LogP contribution in [-0.4, -0.2) is 35.0 Å². The molecule has 1 aromatic rings. The van der Waals surface area contributed by atoms with Gasteiger partial charge in [-0.15, -0.1) is 0 Å². The van der Waals surface area contributed by atoms with Crippen LogP contribution in [-0.2, 0) is 9.59 Å². The predicted molar refractivity (Wildman–Crippen MR) is 93.4 cm³/mol. The number of carboxylic acids is 1. The molecule has 2 fully saturated rings. The van der Waals surface area contributed by atoms with Crippen LogP contribution in [0.25, 0.3) is 6.08 Å². The third kappa shape index (κ3) is 3.69. The van der Waals surface area contributed by atoms with Crippen molar-refractivity contribution >= 4 is 18.0 Å². The molecular weight excluding hydrogens is 302 g/mol. The Morgan fingerprint density at radius 2 is 1.79 bits per heavy atom. The summed E-state index contributed by atoms with van der Waals surface area (Å²) >= 11 is 0. The average molecular weight is 327 g/mol. The van der Waals surface area contributed by atoms with Crippen LogP contribution in [0.1, 0.15) is 43.2 Å². The van der Waals surface area contributed by atoms with E-state index in [1.54, 1.807) is 6.08 Å². The van der Waals surface area contributed by atoms with Crippen molar-refractivity contribution in [1.29, 1.82) is 0 Å². The lowest BCUT2D eigenvalue weighted by molar-refractivity contribution is -0.136. The highest BCUT2D eigenvalue weighted by atomic mass is 16.4. The summed E-state index contributed by atoms with van der Waals surface area (Å²) in [6.45, 7) is 3.56. The quantitative estimate of drug-likeness (QED) is 0.861. The molecule has 4 heteroatoms. The van der Waals surface area contributed by atoms with Gasteiger partial charge in [0.05, 0.1) is 6.42 Å². The maximum atomic E-state index is 12.6. The van der Waals surface area contributed by atoms with Crippen LogP contribution in [0.5, 0.6) is 0 Å². The SMILES string of the molecule is Cc1ccccc1C=C(CC(=O)N1CC2CCCCC2C1)C(=O)O. The van der Waals surface area contributed by atoms with Gasteiger partial charge in [0, 0.05) is 18.7 Å². The molecular formula is C20H25NO3. The zero-order valence-corrected chi connectivity index (χ0v) is 14.2. The molecule has 128 valence electrons. The lowest BCUT2D eigenvalue weighted by Gasteiger charge is -2.22. The molecule has 1 aromatic carbocycles. The van der Waals surface area contributed by atoms with Gasteiger partial charge in [0.1, 0.15) is 0 Å². The van der Waals surface area contributed by atoms with Crippen molar-refractivity contribution in [3.63, 3.8) is 0 Å². The monoisotopic (exact) mass is 327 g/mol. The molecule has 1 N–H and O–H groups in total. The number of aryl methyl sites for hydroxylation is 1. The largest absolute Gasteiger partial charge is 0.478 e. The van der Waals surface area contributed by atoms with Crippen molar-refractivity contribution in [3.8, 4) is 0 Å². The summed E-state index contributed by atoms with van der Waals surface area (Å²) in [6.07, 6.45) is 6.55. The molecule has 0 radical (unpaired) electrons. The van der Waals surface area contributed by atoms with Crippen LogP contribution in [0, 0.1) is 18.8 Å². The summed E-state index contributed by atoms with van der Waals surface area (Å²) in [5.74, 6) is 0.183. The first-order chi connectivity index (χ1) is 11.5. The number of hydrogen-bond acceptors (Lipinski definition) is 2. The Bertz CT molecular complexity index is 651. The number of carbonyl (C=O) groups excluding carboxylic acids is 1. The van der Waals surface area contributed by atoms with Gasteiger partial charge in [0.25, 0.3) is 0 Å². The molecule has 1 aliphatic carbocycles. The topological polar surface area (TPSA) is 57.6 Å². The standard InChI is InChI=1S/C20H25NO3/c1-14-6-2-3-7-15(14)10-18(20(23)24)11-19(22)21-12-16-8-4-5-9-17(16)13-21/h2-3,6-7,10,16-17H,4-5,8-9,11-13H2,1H3,(H,23,24). The minimum Gasteiger partial charge on any atom is -0.478 e. The molecule has 4 nitrogen and oxygen atoms in total. The van der Waals surface area contributed by atoms with E-state index in [1.807, 2.05) is 36.1 Å². The number of carboxylic acid groups (broad SMARTS) is 1. The molecule has 1 saturated heterocycles. The Hall–Kier alpha value is -2.10. The van der Waals surface area contributed by atoms with E-state index in [0.29, 0.717) is 11.8 Å². The molecule has 1 aliphatic heterocycles. The Morgan fingerprint density at radius 3 is 2.38 bits per heavy atom. The minimum absolute atomic E-state index is 0.0247. The molecule has 1 heterocycles. The molecule has 0 aromatic heterocycles. The first-order valence-electron chi connectivity index (χ1n) is 8.82. The van der Waals surface area contributed by atoms with Crippen molar-refractivity contribution in [1.82, 2.24) is 4.90 Å². The third-order valence-corrected chi connectivity index (χ3v) is 5.46. The van der Waals surface area contributed by atoms with E-state index in [0.717, 1.165) is 24.2 Å². The van der Waals surface area contributed by atoms with Crippen molar-refractivity contribution in [2.24, 2.45) is 11.8 Å². The number of fused-ring (bicyclic) bond motifs is 1. The summed E-state index contributed by atoms with van der Waals surface area (Å²) in [7, 11) is 0. The van der Waals surface area contributed by atoms with Gasteiger partial charge in [-0.3, -0.25) is 4.79 Å². The Morgan fingerprint density at radius 1 is 1.17 bits per heavy atom. The third-order valence-electron chi connectivity index (χ3n) is 5.46. The fourth-order valence-corrected chi connectivity index (χ4v) is 4.01. The number of aliphatic carboxylic acids is 1. The number of rotatable bonds is 4. The van der Waals surface area contributed by atoms with Gasteiger partial charge in [-0.1, -0.05) is 37.1 Å². The fraction of sp³-hybridized carbons (Fsp3) is 0.500. The molecule has 1 amide bonds. The van der Waals surface area contributed by atoms with Crippen LogP contribution < -0.4 is 0 Å². The maximum Gasteiger partial charge on any atom is 0.332 e. The Labute approximate surface area is 143 Å². The minimum atomic E-state index is -1.01. The average Bonchev–Trinajstić information content (AvgIpc) is 3.00. The normalized spacial score (nSPS) is 23.9. The van der Waals surface area contributed by atoms with Gasteiger partial charge in [-0.2, -0.15) is 0 Å². The van der Waals surface area contributed by atoms with Gasteiger partial charge in [-0.25, -0.2) is 4.79 Å². The van der Waals surface area contributed by atoms with Crippen molar-refractivity contribution < 1.29 is 14.7 Å². The van der Waals surface area contributed by atoms with Gasteiger partial charge in [-0.05, 0) is 48.8 Å². The molecule has 2 unspecified atom stereocenters. The molecule has 2 atom stereocenters. The Balaban J connectivity index is 1.71. The molecule has 1 saturated carbocycles. The highest BCUT2D eigenvalue weighted by Gasteiger charge is 2.36. The zero-order valence-electron chi connectivity index (χ0n) is 14.2. The maximum absolute atomic E-state index is 12.6. The summed E-state index contributed by atoms with van der Waals surface area (Å²) < 4.78 is 0. The summed E-state index contributed by atoms with van der Waals surface area (Å²) in [6, 6.07) is 7.63. The first kappa shape index (κ1) is 16.7. The lowest BCUT2D eigenvalue weighted by atomic mass is 9.82. The van der Waals surface area contributed by atoms with Gasteiger partial charge in [0.15, 0.2) is 0 Å². The van der Waals surface area contributed by atoms with Crippen LogP contribution in [0.15, 0.2) is 29.8 Å². The summed E-state index contributed by atoms with van der Waals surface area (Å²) in [4.78, 5) is 26.1. The number of likely N-dealkylation sites (tertiary alicyclic amines) is 1. The summed E-state index contributed by atoms with van der Waals surface area (Å²) in [5, 5.41) is 9.48. The van der Waals surface area contributed by atoms with E-state index in [4.69, 9.17) is 0 Å². The van der Waals surface area contributed by atoms with Gasteiger partial charge < -0.3 is 10.0 Å². The highest BCUT2D eigenvalue weighted by Crippen LogP contribution is 2.36. The predicted octanol–water partition coefficient (Wildman–Crippen LogP) is 3.50. The molecule has 2 aliphatic rings. The highest BCUT2D eigenvalue weighted by molar-refractivity contribution is 5.98. The van der Waals surface area contributed by atoms with Gasteiger partial charge >= 0.3 is 5.97 Å². The van der Waals surface area contributed by atoms with E-state index in [2.05, 4.69) is 0 Å². The zero-order chi connectivity index (χ0) is 17.1. The second-order valence-corrected chi connectivity index (χ2v) is 7.11. The number of carbonyl (C=O) groups is 2. The van der Waals surface area contributed by atoms with E-state index < -0.39 is 5.97 Å². The molecule has 3 rings (SSSR count). The van der Waals surface area contributed by atoms with Crippen LogP contribution in [0.4, 0.5) is 0 Å². The second kappa shape index (κ2) is 7.20. The fourth-order valence-electron chi connectivity index (χ4n) is 4.01. The van der Waals surface area contributed by atoms with E-state index in [9.17, 15) is 14.7 Å². The van der Waals surface area contributed by atoms with Crippen molar-refractivity contribution in [2.45, 2.75) is 39.0 Å². The first-order valence-corrected chi connectivity index (χ1v) is 8.82. The van der Waals surface area contributed by atoms with E-state index in [-0.39, 0.29) is 17.9 Å². The number of benzene rings is 1. The van der Waals surface area contributed by atoms with Crippen LogP contribution >= 0.6 is 0 Å². The van der Waals surface area contributed by atoms with E-state index in [1.165, 1.54) is 25.7 Å². The number of hydrogen-bond donors (Lipinski definition) is 1. The van der Waals surface area contributed by atoms with E-state index >= 15 is 0 Å². The molecule has 24 heavy (non-hydrogen) atoms. The smallest absolute Gasteiger partial charge is 0.332 e. The van der Waals surface area contributed by atoms with Gasteiger partial charge in [0.2, 0.25) is 5.91 Å². The Kier molecular flexibility index (Phi) is 5.03. The summed E-state index contributed by atoms with van der Waals surface area (Å²) in [5.41, 5.74) is 2.04.